The second-order valence-corrected chi connectivity index (χ2v) is 6.28. The predicted molar refractivity (Wildman–Crippen MR) is 87.8 cm³/mol. The molecule has 4 heteroatoms. The van der Waals surface area contributed by atoms with Crippen LogP contribution in [-0.4, -0.2) is 30.1 Å². The lowest BCUT2D eigenvalue weighted by Gasteiger charge is -2.27. The molecule has 20 heavy (non-hydrogen) atoms. The first-order valence-electron chi connectivity index (χ1n) is 7.66. The quantitative estimate of drug-likeness (QED) is 0.860. The summed E-state index contributed by atoms with van der Waals surface area (Å²) < 4.78 is 0. The Bertz CT molecular complexity index is 435. The van der Waals surface area contributed by atoms with Crippen LogP contribution in [0.5, 0.6) is 0 Å². The molecule has 1 rings (SSSR count). The van der Waals surface area contributed by atoms with Crippen LogP contribution in [0.2, 0.25) is 0 Å². The van der Waals surface area contributed by atoms with Crippen molar-refractivity contribution in [1.82, 2.24) is 9.97 Å². The molecule has 0 saturated carbocycles. The number of hydrogen-bond donors (Lipinski definition) is 1. The maximum absolute atomic E-state index is 4.85. The average Bonchev–Trinajstić information content (AvgIpc) is 2.39. The Morgan fingerprint density at radius 1 is 1.15 bits per heavy atom. The molecular formula is C16H30N4. The van der Waals surface area contributed by atoms with Gasteiger partial charge in [-0.25, -0.2) is 9.97 Å². The lowest BCUT2D eigenvalue weighted by atomic mass is 9.95. The van der Waals surface area contributed by atoms with E-state index in [9.17, 15) is 0 Å². The van der Waals surface area contributed by atoms with E-state index in [1.54, 1.807) is 0 Å². The predicted octanol–water partition coefficient (Wildman–Crippen LogP) is 3.75. The fourth-order valence-electron chi connectivity index (χ4n) is 2.15. The van der Waals surface area contributed by atoms with Gasteiger partial charge in [0.05, 0.1) is 0 Å². The van der Waals surface area contributed by atoms with Gasteiger partial charge in [-0.05, 0) is 20.3 Å². The van der Waals surface area contributed by atoms with Crippen molar-refractivity contribution in [3.8, 4) is 0 Å². The summed E-state index contributed by atoms with van der Waals surface area (Å²) in [5.41, 5.74) is 1.09. The Balaban J connectivity index is 3.28. The van der Waals surface area contributed by atoms with E-state index in [4.69, 9.17) is 4.98 Å². The van der Waals surface area contributed by atoms with E-state index < -0.39 is 0 Å². The molecular weight excluding hydrogens is 248 g/mol. The molecule has 1 aromatic heterocycles. The number of unbranched alkanes of at least 4 members (excludes halogenated alkanes) is 1. The number of hydrogen-bond acceptors (Lipinski definition) is 4. The van der Waals surface area contributed by atoms with Gasteiger partial charge in [-0.2, -0.15) is 0 Å². The normalized spacial score (nSPS) is 11.6. The van der Waals surface area contributed by atoms with Crippen LogP contribution in [0, 0.1) is 6.92 Å². The molecule has 0 radical (unpaired) electrons. The van der Waals surface area contributed by atoms with Crippen molar-refractivity contribution in [2.45, 2.75) is 59.8 Å². The number of rotatable bonds is 6. The van der Waals surface area contributed by atoms with Gasteiger partial charge in [0.2, 0.25) is 0 Å². The minimum Gasteiger partial charge on any atom is -0.373 e. The van der Waals surface area contributed by atoms with Gasteiger partial charge in [-0.1, -0.05) is 34.1 Å². The van der Waals surface area contributed by atoms with Crippen molar-refractivity contribution in [3.63, 3.8) is 0 Å². The average molecular weight is 278 g/mol. The molecule has 0 aliphatic carbocycles. The molecule has 0 aromatic carbocycles. The second kappa shape index (κ2) is 6.91. The van der Waals surface area contributed by atoms with Crippen molar-refractivity contribution >= 4 is 11.6 Å². The van der Waals surface area contributed by atoms with Crippen LogP contribution in [0.4, 0.5) is 11.6 Å². The summed E-state index contributed by atoms with van der Waals surface area (Å²) in [5, 5.41) is 3.21. The van der Waals surface area contributed by atoms with E-state index in [0.717, 1.165) is 36.1 Å². The number of aromatic nitrogens is 2. The molecule has 0 spiro atoms. The van der Waals surface area contributed by atoms with Gasteiger partial charge in [0.15, 0.2) is 0 Å². The summed E-state index contributed by atoms with van der Waals surface area (Å²) in [4.78, 5) is 11.9. The second-order valence-electron chi connectivity index (χ2n) is 6.28. The molecule has 1 aromatic rings. The summed E-state index contributed by atoms with van der Waals surface area (Å²) in [6, 6.07) is 0. The molecule has 0 saturated heterocycles. The van der Waals surface area contributed by atoms with Gasteiger partial charge in [-0.3, -0.25) is 0 Å². The van der Waals surface area contributed by atoms with Crippen LogP contribution in [0.3, 0.4) is 0 Å². The van der Waals surface area contributed by atoms with Crippen molar-refractivity contribution in [3.05, 3.63) is 11.4 Å². The summed E-state index contributed by atoms with van der Waals surface area (Å²) >= 11 is 0. The van der Waals surface area contributed by atoms with Crippen molar-refractivity contribution < 1.29 is 0 Å². The third-order valence-electron chi connectivity index (χ3n) is 3.49. The van der Waals surface area contributed by atoms with Gasteiger partial charge in [0.1, 0.15) is 17.5 Å². The van der Waals surface area contributed by atoms with Crippen LogP contribution in [0.25, 0.3) is 0 Å². The Hall–Kier alpha value is -1.32. The zero-order chi connectivity index (χ0) is 15.3. The highest BCUT2D eigenvalue weighted by Gasteiger charge is 2.22. The first-order valence-corrected chi connectivity index (χ1v) is 7.66. The largest absolute Gasteiger partial charge is 0.373 e. The minimum absolute atomic E-state index is 0.0434. The van der Waals surface area contributed by atoms with Gasteiger partial charge in [0.25, 0.3) is 0 Å². The van der Waals surface area contributed by atoms with E-state index in [2.05, 4.69) is 56.7 Å². The monoisotopic (exact) mass is 278 g/mol. The Morgan fingerprint density at radius 2 is 1.80 bits per heavy atom. The third-order valence-corrected chi connectivity index (χ3v) is 3.49. The molecule has 0 atom stereocenters. The number of anilines is 2. The SMILES string of the molecule is CCCCN(CC)c1nc(C(C)(C)C)nc(NC)c1C. The van der Waals surface area contributed by atoms with Gasteiger partial charge in [0, 0.05) is 31.1 Å². The lowest BCUT2D eigenvalue weighted by Crippen LogP contribution is -2.28. The molecule has 0 bridgehead atoms. The van der Waals surface area contributed by atoms with Gasteiger partial charge in [-0.15, -0.1) is 0 Å². The molecule has 0 unspecified atom stereocenters. The fourth-order valence-corrected chi connectivity index (χ4v) is 2.15. The van der Waals surface area contributed by atoms with E-state index in [-0.39, 0.29) is 5.41 Å². The zero-order valence-corrected chi connectivity index (χ0v) is 14.2. The molecule has 114 valence electrons. The van der Waals surface area contributed by atoms with Crippen LogP contribution in [0.1, 0.15) is 58.8 Å². The third kappa shape index (κ3) is 3.84. The van der Waals surface area contributed by atoms with Crippen LogP contribution >= 0.6 is 0 Å². The molecule has 0 fully saturated rings. The van der Waals surface area contributed by atoms with E-state index >= 15 is 0 Å². The molecule has 1 N–H and O–H groups in total. The Morgan fingerprint density at radius 3 is 2.25 bits per heavy atom. The molecule has 0 aliphatic heterocycles. The maximum Gasteiger partial charge on any atom is 0.138 e. The zero-order valence-electron chi connectivity index (χ0n) is 14.2. The van der Waals surface area contributed by atoms with Crippen molar-refractivity contribution in [1.29, 1.82) is 0 Å². The van der Waals surface area contributed by atoms with E-state index in [0.29, 0.717) is 0 Å². The minimum atomic E-state index is -0.0434. The lowest BCUT2D eigenvalue weighted by molar-refractivity contribution is 0.543. The standard InChI is InChI=1S/C16H30N4/c1-8-10-11-20(9-2)14-12(3)13(17-7)18-15(19-14)16(4,5)6/h8-11H2,1-7H3,(H,17,18,19). The first kappa shape index (κ1) is 16.7. The van der Waals surface area contributed by atoms with Gasteiger partial charge >= 0.3 is 0 Å². The van der Waals surface area contributed by atoms with Crippen LogP contribution in [-0.2, 0) is 5.41 Å². The highest BCUT2D eigenvalue weighted by Crippen LogP contribution is 2.28. The maximum atomic E-state index is 4.85. The molecule has 0 aliphatic rings. The van der Waals surface area contributed by atoms with E-state index in [1.807, 2.05) is 7.05 Å². The van der Waals surface area contributed by atoms with E-state index in [1.165, 1.54) is 12.8 Å². The summed E-state index contributed by atoms with van der Waals surface area (Å²) in [5.74, 6) is 2.91. The van der Waals surface area contributed by atoms with Gasteiger partial charge < -0.3 is 10.2 Å². The summed E-state index contributed by atoms with van der Waals surface area (Å²) in [6.45, 7) is 15.0. The highest BCUT2D eigenvalue weighted by atomic mass is 15.2. The molecule has 4 nitrogen and oxygen atoms in total. The molecule has 0 amide bonds. The van der Waals surface area contributed by atoms with Crippen LogP contribution < -0.4 is 10.2 Å². The van der Waals surface area contributed by atoms with Crippen molar-refractivity contribution in [2.24, 2.45) is 0 Å². The van der Waals surface area contributed by atoms with Crippen molar-refractivity contribution in [2.75, 3.05) is 30.4 Å². The Labute approximate surface area is 124 Å². The smallest absolute Gasteiger partial charge is 0.138 e. The van der Waals surface area contributed by atoms with Crippen LogP contribution in [0.15, 0.2) is 0 Å². The topological polar surface area (TPSA) is 41.1 Å². The first-order chi connectivity index (χ1) is 9.35. The molecule has 1 heterocycles. The highest BCUT2D eigenvalue weighted by molar-refractivity contribution is 5.58. The number of nitrogens with one attached hydrogen (secondary N) is 1. The number of nitrogens with zero attached hydrogens (tertiary/aromatic N) is 3. The fraction of sp³-hybridized carbons (Fsp3) is 0.750. The summed E-state index contributed by atoms with van der Waals surface area (Å²) in [7, 11) is 1.92. The Kier molecular flexibility index (Phi) is 5.78. The summed E-state index contributed by atoms with van der Waals surface area (Å²) in [6.07, 6.45) is 2.39.